The zero-order valence-corrected chi connectivity index (χ0v) is 19.3. The van der Waals surface area contributed by atoms with Crippen molar-refractivity contribution in [2.45, 2.75) is 38.4 Å². The SMILES string of the molecule is COc1cc(CN2C(=O)CC[C@@H]3CN(Cc4ccc(F)cc4F)CC[C@@H]32)cc(OC)c1OC. The molecule has 6 nitrogen and oxygen atoms in total. The second kappa shape index (κ2) is 9.95. The van der Waals surface area contributed by atoms with Gasteiger partial charge < -0.3 is 19.1 Å². The molecule has 2 fully saturated rings. The van der Waals surface area contributed by atoms with Crippen LogP contribution in [0.15, 0.2) is 30.3 Å². The van der Waals surface area contributed by atoms with Gasteiger partial charge in [-0.15, -0.1) is 0 Å². The first-order valence-electron chi connectivity index (χ1n) is 11.2. The first kappa shape index (κ1) is 23.3. The number of piperidine rings is 2. The van der Waals surface area contributed by atoms with Crippen LogP contribution in [-0.4, -0.2) is 56.2 Å². The molecule has 1 amide bonds. The molecule has 0 spiro atoms. The summed E-state index contributed by atoms with van der Waals surface area (Å²) < 4.78 is 43.7. The first-order valence-corrected chi connectivity index (χ1v) is 11.2. The number of nitrogens with zero attached hydrogens (tertiary/aromatic N) is 2. The fraction of sp³-hybridized carbons (Fsp3) is 0.480. The summed E-state index contributed by atoms with van der Waals surface area (Å²) in [5.74, 6) is 1.01. The molecule has 8 heteroatoms. The summed E-state index contributed by atoms with van der Waals surface area (Å²) in [7, 11) is 4.70. The van der Waals surface area contributed by atoms with Gasteiger partial charge in [0.1, 0.15) is 11.6 Å². The maximum atomic E-state index is 14.1. The molecule has 2 heterocycles. The van der Waals surface area contributed by atoms with Crippen LogP contribution in [0.1, 0.15) is 30.4 Å². The molecule has 0 unspecified atom stereocenters. The van der Waals surface area contributed by atoms with Gasteiger partial charge in [-0.25, -0.2) is 8.78 Å². The van der Waals surface area contributed by atoms with Gasteiger partial charge in [0, 0.05) is 50.3 Å². The van der Waals surface area contributed by atoms with Crippen molar-refractivity contribution in [1.29, 1.82) is 0 Å². The van der Waals surface area contributed by atoms with Crippen LogP contribution in [-0.2, 0) is 17.9 Å². The van der Waals surface area contributed by atoms with Crippen molar-refractivity contribution in [3.8, 4) is 17.2 Å². The lowest BCUT2D eigenvalue weighted by Crippen LogP contribution is -2.55. The Labute approximate surface area is 193 Å². The zero-order chi connectivity index (χ0) is 23.5. The Balaban J connectivity index is 1.48. The van der Waals surface area contributed by atoms with Crippen molar-refractivity contribution < 1.29 is 27.8 Å². The van der Waals surface area contributed by atoms with Crippen LogP contribution >= 0.6 is 0 Å². The van der Waals surface area contributed by atoms with Gasteiger partial charge in [-0.1, -0.05) is 6.07 Å². The van der Waals surface area contributed by atoms with Crippen LogP contribution in [0.3, 0.4) is 0 Å². The Morgan fingerprint density at radius 3 is 2.33 bits per heavy atom. The summed E-state index contributed by atoms with van der Waals surface area (Å²) >= 11 is 0. The molecule has 0 aliphatic carbocycles. The van der Waals surface area contributed by atoms with Gasteiger partial charge in [0.05, 0.1) is 21.3 Å². The number of benzene rings is 2. The number of carbonyl (C=O) groups is 1. The molecule has 0 bridgehead atoms. The van der Waals surface area contributed by atoms with Gasteiger partial charge in [-0.05, 0) is 42.5 Å². The normalized spacial score (nSPS) is 21.0. The van der Waals surface area contributed by atoms with E-state index in [1.807, 2.05) is 17.0 Å². The molecular formula is C25H30F2N2O4. The van der Waals surface area contributed by atoms with E-state index in [1.165, 1.54) is 12.1 Å². The Morgan fingerprint density at radius 1 is 0.970 bits per heavy atom. The van der Waals surface area contributed by atoms with E-state index in [0.717, 1.165) is 37.6 Å². The number of carbonyl (C=O) groups excluding carboxylic acids is 1. The predicted molar refractivity (Wildman–Crippen MR) is 119 cm³/mol. The molecule has 0 saturated carbocycles. The minimum atomic E-state index is -0.566. The van der Waals surface area contributed by atoms with E-state index in [2.05, 4.69) is 4.90 Å². The second-order valence-corrected chi connectivity index (χ2v) is 8.68. The van der Waals surface area contributed by atoms with Gasteiger partial charge in [0.2, 0.25) is 11.7 Å². The van der Waals surface area contributed by atoms with Crippen molar-refractivity contribution in [3.05, 3.63) is 53.1 Å². The quantitative estimate of drug-likeness (QED) is 0.625. The van der Waals surface area contributed by atoms with Gasteiger partial charge in [-0.2, -0.15) is 0 Å². The van der Waals surface area contributed by atoms with E-state index >= 15 is 0 Å². The van der Waals surface area contributed by atoms with Crippen molar-refractivity contribution in [2.75, 3.05) is 34.4 Å². The molecule has 4 rings (SSSR count). The van der Waals surface area contributed by atoms with Crippen molar-refractivity contribution in [1.82, 2.24) is 9.80 Å². The lowest BCUT2D eigenvalue weighted by Gasteiger charge is -2.47. The van der Waals surface area contributed by atoms with Crippen LogP contribution in [0.5, 0.6) is 17.2 Å². The zero-order valence-electron chi connectivity index (χ0n) is 19.3. The van der Waals surface area contributed by atoms with Crippen LogP contribution in [0, 0.1) is 17.6 Å². The van der Waals surface area contributed by atoms with Gasteiger partial charge in [-0.3, -0.25) is 9.69 Å². The molecule has 2 atom stereocenters. The van der Waals surface area contributed by atoms with Crippen molar-refractivity contribution >= 4 is 5.91 Å². The molecule has 2 aliphatic rings. The number of amides is 1. The maximum Gasteiger partial charge on any atom is 0.223 e. The largest absolute Gasteiger partial charge is 0.493 e. The second-order valence-electron chi connectivity index (χ2n) is 8.68. The van der Waals surface area contributed by atoms with Crippen LogP contribution in [0.25, 0.3) is 0 Å². The Morgan fingerprint density at radius 2 is 1.70 bits per heavy atom. The highest BCUT2D eigenvalue weighted by molar-refractivity contribution is 5.77. The molecule has 2 aromatic carbocycles. The van der Waals surface area contributed by atoms with E-state index < -0.39 is 11.6 Å². The maximum absolute atomic E-state index is 14.1. The first-order chi connectivity index (χ1) is 15.9. The number of methoxy groups -OCH3 is 3. The van der Waals surface area contributed by atoms with E-state index in [1.54, 1.807) is 21.3 Å². The molecular weight excluding hydrogens is 430 g/mol. The fourth-order valence-corrected chi connectivity index (χ4v) is 5.09. The number of hydrogen-bond acceptors (Lipinski definition) is 5. The number of fused-ring (bicyclic) bond motifs is 1. The molecule has 178 valence electrons. The Hall–Kier alpha value is -2.87. The Kier molecular flexibility index (Phi) is 7.02. The number of likely N-dealkylation sites (tertiary alicyclic amines) is 2. The molecule has 2 aromatic rings. The molecule has 0 radical (unpaired) electrons. The van der Waals surface area contributed by atoms with E-state index in [4.69, 9.17) is 14.2 Å². The average molecular weight is 461 g/mol. The number of rotatable bonds is 7. The number of ether oxygens (including phenoxy) is 3. The minimum Gasteiger partial charge on any atom is -0.493 e. The lowest BCUT2D eigenvalue weighted by atomic mass is 9.83. The van der Waals surface area contributed by atoms with Crippen LogP contribution < -0.4 is 14.2 Å². The topological polar surface area (TPSA) is 51.2 Å². The summed E-state index contributed by atoms with van der Waals surface area (Å²) in [5.41, 5.74) is 1.41. The van der Waals surface area contributed by atoms with Crippen LogP contribution in [0.2, 0.25) is 0 Å². The summed E-state index contributed by atoms with van der Waals surface area (Å²) in [6.45, 7) is 2.43. The molecule has 0 N–H and O–H groups in total. The number of hydrogen-bond donors (Lipinski definition) is 0. The summed E-state index contributed by atoms with van der Waals surface area (Å²) in [4.78, 5) is 17.0. The van der Waals surface area contributed by atoms with E-state index in [9.17, 15) is 13.6 Å². The monoisotopic (exact) mass is 460 g/mol. The predicted octanol–water partition coefficient (Wildman–Crippen LogP) is 4.00. The number of halogens is 2. The summed E-state index contributed by atoms with van der Waals surface area (Å²) in [5, 5.41) is 0. The van der Waals surface area contributed by atoms with Crippen molar-refractivity contribution in [2.24, 2.45) is 5.92 Å². The van der Waals surface area contributed by atoms with Crippen LogP contribution in [0.4, 0.5) is 8.78 Å². The summed E-state index contributed by atoms with van der Waals surface area (Å²) in [6, 6.07) is 7.62. The smallest absolute Gasteiger partial charge is 0.223 e. The summed E-state index contributed by atoms with van der Waals surface area (Å²) in [6.07, 6.45) is 2.12. The Bertz CT molecular complexity index is 991. The van der Waals surface area contributed by atoms with Gasteiger partial charge >= 0.3 is 0 Å². The highest BCUT2D eigenvalue weighted by Crippen LogP contribution is 2.40. The molecule has 0 aromatic heterocycles. The van der Waals surface area contributed by atoms with Gasteiger partial charge in [0.25, 0.3) is 0 Å². The minimum absolute atomic E-state index is 0.125. The molecule has 2 aliphatic heterocycles. The standard InChI is InChI=1S/C25H30F2N2O4/c1-31-22-10-16(11-23(32-2)25(22)33-3)13-29-21-8-9-28(15-18(21)5-7-24(29)30)14-17-4-6-19(26)12-20(17)27/h4,6,10-12,18,21H,5,7-9,13-15H2,1-3H3/t18-,21+/m1/s1. The third-order valence-corrected chi connectivity index (χ3v) is 6.71. The average Bonchev–Trinajstić information content (AvgIpc) is 2.82. The highest BCUT2D eigenvalue weighted by Gasteiger charge is 2.39. The fourth-order valence-electron chi connectivity index (χ4n) is 5.09. The van der Waals surface area contributed by atoms with Crippen molar-refractivity contribution in [3.63, 3.8) is 0 Å². The third kappa shape index (κ3) is 4.90. The lowest BCUT2D eigenvalue weighted by molar-refractivity contribution is -0.142. The molecule has 2 saturated heterocycles. The van der Waals surface area contributed by atoms with E-state index in [-0.39, 0.29) is 11.9 Å². The van der Waals surface area contributed by atoms with E-state index in [0.29, 0.717) is 48.2 Å². The van der Waals surface area contributed by atoms with Gasteiger partial charge in [0.15, 0.2) is 11.5 Å². The molecule has 33 heavy (non-hydrogen) atoms. The third-order valence-electron chi connectivity index (χ3n) is 6.71. The highest BCUT2D eigenvalue weighted by atomic mass is 19.1.